The lowest BCUT2D eigenvalue weighted by molar-refractivity contribution is -0.138. The molecule has 0 fully saturated rings. The van der Waals surface area contributed by atoms with Crippen LogP contribution in [0.2, 0.25) is 0 Å². The van der Waals surface area contributed by atoms with Crippen molar-refractivity contribution in [1.82, 2.24) is 5.32 Å². The molecule has 2 aromatic carbocycles. The van der Waals surface area contributed by atoms with Gasteiger partial charge < -0.3 is 25.6 Å². The summed E-state index contributed by atoms with van der Waals surface area (Å²) in [7, 11) is 1.38. The fraction of sp³-hybridized carbons (Fsp3) is 0.188. The van der Waals surface area contributed by atoms with Crippen LogP contribution in [0.4, 0.5) is 23.7 Å². The maximum absolute atomic E-state index is 12.7. The fourth-order valence-corrected chi connectivity index (χ4v) is 2.03. The van der Waals surface area contributed by atoms with Gasteiger partial charge in [-0.1, -0.05) is 6.07 Å². The summed E-state index contributed by atoms with van der Waals surface area (Å²) in [6.45, 7) is 0.0622. The molecule has 0 heterocycles. The first-order valence-electron chi connectivity index (χ1n) is 7.01. The molecule has 0 aliphatic heterocycles. The summed E-state index contributed by atoms with van der Waals surface area (Å²) in [6.07, 6.45) is -4.74. The van der Waals surface area contributed by atoms with E-state index in [0.717, 1.165) is 12.1 Å². The first-order chi connectivity index (χ1) is 11.7. The highest BCUT2D eigenvalue weighted by Gasteiger charge is 2.34. The summed E-state index contributed by atoms with van der Waals surface area (Å²) < 4.78 is 43.1. The molecule has 4 N–H and O–H groups in total. The number of methoxy groups -OCH3 is 1. The number of urea groups is 1. The molecule has 6 nitrogen and oxygen atoms in total. The lowest BCUT2D eigenvalue weighted by Gasteiger charge is -2.12. The van der Waals surface area contributed by atoms with Gasteiger partial charge in [-0.05, 0) is 35.9 Å². The Bertz CT molecular complexity index is 778. The lowest BCUT2D eigenvalue weighted by Crippen LogP contribution is -2.28. The molecule has 0 bridgehead atoms. The molecule has 0 aromatic heterocycles. The zero-order chi connectivity index (χ0) is 18.6. The predicted octanol–water partition coefficient (Wildman–Crippen LogP) is 3.45. The second-order valence-electron chi connectivity index (χ2n) is 5.04. The summed E-state index contributed by atoms with van der Waals surface area (Å²) in [6, 6.07) is 6.36. The summed E-state index contributed by atoms with van der Waals surface area (Å²) in [5.41, 5.74) is -0.744. The normalized spacial score (nSPS) is 11.0. The number of amides is 2. The third-order valence-corrected chi connectivity index (χ3v) is 3.26. The van der Waals surface area contributed by atoms with E-state index in [1.807, 2.05) is 0 Å². The number of nitrogens with one attached hydrogen (secondary N) is 2. The maximum Gasteiger partial charge on any atom is 0.420 e. The third-order valence-electron chi connectivity index (χ3n) is 3.26. The van der Waals surface area contributed by atoms with Crippen molar-refractivity contribution >= 4 is 11.7 Å². The topological polar surface area (TPSA) is 90.8 Å². The lowest BCUT2D eigenvalue weighted by atomic mass is 10.1. The summed E-state index contributed by atoms with van der Waals surface area (Å²) in [5, 5.41) is 23.4. The Morgan fingerprint density at radius 3 is 2.44 bits per heavy atom. The second kappa shape index (κ2) is 7.20. The number of hydrogen-bond acceptors (Lipinski definition) is 4. The van der Waals surface area contributed by atoms with Crippen molar-refractivity contribution in [3.63, 3.8) is 0 Å². The van der Waals surface area contributed by atoms with Gasteiger partial charge in [-0.3, -0.25) is 0 Å². The first-order valence-corrected chi connectivity index (χ1v) is 7.01. The van der Waals surface area contributed by atoms with Gasteiger partial charge in [0.2, 0.25) is 0 Å². The van der Waals surface area contributed by atoms with Gasteiger partial charge >= 0.3 is 12.2 Å². The van der Waals surface area contributed by atoms with Crippen molar-refractivity contribution < 1.29 is 32.9 Å². The molecule has 2 rings (SSSR count). The van der Waals surface area contributed by atoms with Gasteiger partial charge in [-0.2, -0.15) is 13.2 Å². The Morgan fingerprint density at radius 2 is 1.80 bits per heavy atom. The highest BCUT2D eigenvalue weighted by atomic mass is 19.4. The number of phenolic OH excluding ortho intramolecular Hbond substituents is 2. The SMILES string of the molecule is COc1cc(CNC(=O)Nc2ccc(O)c(C(F)(F)F)c2)ccc1O. The monoisotopic (exact) mass is 356 g/mol. The molecule has 0 radical (unpaired) electrons. The predicted molar refractivity (Wildman–Crippen MR) is 83.6 cm³/mol. The highest BCUT2D eigenvalue weighted by molar-refractivity contribution is 5.89. The Hall–Kier alpha value is -3.10. The number of carbonyl (C=O) groups is 1. The van der Waals surface area contributed by atoms with Crippen molar-refractivity contribution in [1.29, 1.82) is 0 Å². The number of carbonyl (C=O) groups excluding carboxylic acids is 1. The van der Waals surface area contributed by atoms with Gasteiger partial charge in [-0.15, -0.1) is 0 Å². The molecular weight excluding hydrogens is 341 g/mol. The molecule has 0 unspecified atom stereocenters. The highest BCUT2D eigenvalue weighted by Crippen LogP contribution is 2.37. The molecule has 0 saturated carbocycles. The van der Waals surface area contributed by atoms with Crippen LogP contribution >= 0.6 is 0 Å². The average molecular weight is 356 g/mol. The maximum atomic E-state index is 12.7. The van der Waals surface area contributed by atoms with Crippen LogP contribution in [0, 0.1) is 0 Å². The number of rotatable bonds is 4. The molecule has 2 aromatic rings. The fourth-order valence-electron chi connectivity index (χ4n) is 2.03. The van der Waals surface area contributed by atoms with Crippen molar-refractivity contribution in [2.24, 2.45) is 0 Å². The zero-order valence-electron chi connectivity index (χ0n) is 13.0. The van der Waals surface area contributed by atoms with Crippen LogP contribution in [0.25, 0.3) is 0 Å². The van der Waals surface area contributed by atoms with Crippen LogP contribution in [0.5, 0.6) is 17.2 Å². The largest absolute Gasteiger partial charge is 0.507 e. The van der Waals surface area contributed by atoms with E-state index in [1.54, 1.807) is 6.07 Å². The van der Waals surface area contributed by atoms with Crippen LogP contribution in [-0.2, 0) is 12.7 Å². The second-order valence-corrected chi connectivity index (χ2v) is 5.04. The number of aromatic hydroxyl groups is 2. The van der Waals surface area contributed by atoms with Crippen LogP contribution in [0.3, 0.4) is 0 Å². The van der Waals surface area contributed by atoms with Crippen molar-refractivity contribution in [2.45, 2.75) is 12.7 Å². The van der Waals surface area contributed by atoms with E-state index >= 15 is 0 Å². The number of halogens is 3. The minimum atomic E-state index is -4.74. The van der Waals surface area contributed by atoms with Crippen molar-refractivity contribution in [3.05, 3.63) is 47.5 Å². The number of phenols is 2. The Balaban J connectivity index is 2.01. The summed E-state index contributed by atoms with van der Waals surface area (Å²) in [5.74, 6) is -0.748. The van der Waals surface area contributed by atoms with Gasteiger partial charge in [0.05, 0.1) is 12.7 Å². The first kappa shape index (κ1) is 18.2. The molecule has 0 aliphatic carbocycles. The molecular formula is C16H15F3N2O4. The molecule has 134 valence electrons. The smallest absolute Gasteiger partial charge is 0.420 e. The number of anilines is 1. The zero-order valence-corrected chi connectivity index (χ0v) is 13.0. The van der Waals surface area contributed by atoms with Crippen LogP contribution in [-0.4, -0.2) is 23.4 Å². The van der Waals surface area contributed by atoms with Crippen molar-refractivity contribution in [2.75, 3.05) is 12.4 Å². The van der Waals surface area contributed by atoms with E-state index in [0.29, 0.717) is 11.6 Å². The minimum absolute atomic E-state index is 0.0560. The van der Waals surface area contributed by atoms with Crippen LogP contribution in [0.1, 0.15) is 11.1 Å². The molecule has 0 atom stereocenters. The number of alkyl halides is 3. The number of hydrogen-bond donors (Lipinski definition) is 4. The van der Waals surface area contributed by atoms with E-state index in [9.17, 15) is 28.2 Å². The Kier molecular flexibility index (Phi) is 5.26. The minimum Gasteiger partial charge on any atom is -0.507 e. The average Bonchev–Trinajstić information content (AvgIpc) is 2.55. The molecule has 2 amide bonds. The van der Waals surface area contributed by atoms with E-state index in [4.69, 9.17) is 4.74 Å². The van der Waals surface area contributed by atoms with Crippen LogP contribution < -0.4 is 15.4 Å². The molecule has 0 saturated heterocycles. The van der Waals surface area contributed by atoms with E-state index < -0.39 is 23.5 Å². The number of ether oxygens (including phenoxy) is 1. The van der Waals surface area contributed by atoms with E-state index in [1.165, 1.54) is 19.2 Å². The van der Waals surface area contributed by atoms with Gasteiger partial charge in [0.15, 0.2) is 11.5 Å². The molecule has 9 heteroatoms. The standard InChI is InChI=1S/C16H15F3N2O4/c1-25-14-6-9(2-4-13(14)23)8-20-15(24)21-10-3-5-12(22)11(7-10)16(17,18)19/h2-7,22-23H,8H2,1H3,(H2,20,21,24). The van der Waals surface area contributed by atoms with Gasteiger partial charge in [0, 0.05) is 12.2 Å². The van der Waals surface area contributed by atoms with Crippen LogP contribution in [0.15, 0.2) is 36.4 Å². The Labute approximate surface area is 140 Å². The molecule has 0 spiro atoms. The quantitative estimate of drug-likeness (QED) is 0.632. The van der Waals surface area contributed by atoms with Gasteiger partial charge in [0.1, 0.15) is 5.75 Å². The van der Waals surface area contributed by atoms with Gasteiger partial charge in [0.25, 0.3) is 0 Å². The third kappa shape index (κ3) is 4.69. The molecule has 0 aliphatic rings. The molecule has 25 heavy (non-hydrogen) atoms. The summed E-state index contributed by atoms with van der Waals surface area (Å²) >= 11 is 0. The van der Waals surface area contributed by atoms with E-state index in [-0.39, 0.29) is 23.7 Å². The van der Waals surface area contributed by atoms with Crippen molar-refractivity contribution in [3.8, 4) is 17.2 Å². The summed E-state index contributed by atoms with van der Waals surface area (Å²) in [4.78, 5) is 11.8. The number of benzene rings is 2. The van der Waals surface area contributed by atoms with E-state index in [2.05, 4.69) is 10.6 Å². The Morgan fingerprint density at radius 1 is 1.12 bits per heavy atom. The van der Waals surface area contributed by atoms with Gasteiger partial charge in [-0.25, -0.2) is 4.79 Å².